The van der Waals surface area contributed by atoms with Crippen LogP contribution in [0.2, 0.25) is 0 Å². The highest BCUT2D eigenvalue weighted by Gasteiger charge is 2.35. The maximum absolute atomic E-state index is 13.2. The maximum Gasteiger partial charge on any atom is 0.416 e. The molecule has 1 fully saturated rings. The van der Waals surface area contributed by atoms with Crippen molar-refractivity contribution in [2.24, 2.45) is 11.7 Å². The standard InChI is InChI=1S/C17H21F3N2O3/c1-11(23)25-10-15(21)16(24)22(8-12-6-7-12)9-13-4-2-3-5-14(13)17(18,19)20/h2-5,12,15H,6-10,21H2,1H3. The molecule has 8 heteroatoms. The molecule has 1 atom stereocenters. The minimum absolute atomic E-state index is 0.0173. The number of halogens is 3. The van der Waals surface area contributed by atoms with Crippen LogP contribution in [0.25, 0.3) is 0 Å². The Kier molecular flexibility index (Phi) is 6.05. The van der Waals surface area contributed by atoms with Gasteiger partial charge in [-0.25, -0.2) is 0 Å². The van der Waals surface area contributed by atoms with E-state index in [1.54, 1.807) is 0 Å². The van der Waals surface area contributed by atoms with Crippen LogP contribution in [0.5, 0.6) is 0 Å². The highest BCUT2D eigenvalue weighted by molar-refractivity contribution is 5.82. The van der Waals surface area contributed by atoms with Crippen LogP contribution in [-0.2, 0) is 27.0 Å². The van der Waals surface area contributed by atoms with Crippen LogP contribution in [0, 0.1) is 5.92 Å². The minimum atomic E-state index is -4.50. The molecular formula is C17H21F3N2O3. The van der Waals surface area contributed by atoms with Gasteiger partial charge < -0.3 is 15.4 Å². The molecule has 0 bridgehead atoms. The maximum atomic E-state index is 13.2. The van der Waals surface area contributed by atoms with Gasteiger partial charge in [0.15, 0.2) is 0 Å². The van der Waals surface area contributed by atoms with Crippen molar-refractivity contribution in [3.63, 3.8) is 0 Å². The minimum Gasteiger partial charge on any atom is -0.464 e. The number of hydrogen-bond donors (Lipinski definition) is 1. The molecule has 2 rings (SSSR count). The van der Waals surface area contributed by atoms with Crippen LogP contribution in [0.15, 0.2) is 24.3 Å². The van der Waals surface area contributed by atoms with Gasteiger partial charge in [-0.3, -0.25) is 9.59 Å². The second-order valence-corrected chi connectivity index (χ2v) is 6.23. The third-order valence-corrected chi connectivity index (χ3v) is 3.95. The number of carbonyl (C=O) groups excluding carboxylic acids is 2. The van der Waals surface area contributed by atoms with Crippen molar-refractivity contribution in [3.05, 3.63) is 35.4 Å². The van der Waals surface area contributed by atoms with Crippen molar-refractivity contribution < 1.29 is 27.5 Å². The third kappa shape index (κ3) is 5.74. The van der Waals surface area contributed by atoms with E-state index in [4.69, 9.17) is 10.5 Å². The normalized spacial score (nSPS) is 15.6. The van der Waals surface area contributed by atoms with Crippen LogP contribution in [0.3, 0.4) is 0 Å². The highest BCUT2D eigenvalue weighted by atomic mass is 19.4. The van der Waals surface area contributed by atoms with Gasteiger partial charge >= 0.3 is 12.1 Å². The molecule has 0 radical (unpaired) electrons. The summed E-state index contributed by atoms with van der Waals surface area (Å²) in [6.45, 7) is 1.06. The molecule has 1 aromatic carbocycles. The predicted octanol–water partition coefficient (Wildman–Crippen LogP) is 2.33. The fraction of sp³-hybridized carbons (Fsp3) is 0.529. The SMILES string of the molecule is CC(=O)OCC(N)C(=O)N(Cc1ccccc1C(F)(F)F)CC1CC1. The number of hydrogen-bond acceptors (Lipinski definition) is 4. The van der Waals surface area contributed by atoms with Crippen molar-refractivity contribution in [2.75, 3.05) is 13.2 Å². The van der Waals surface area contributed by atoms with Gasteiger partial charge in [-0.05, 0) is 30.4 Å². The summed E-state index contributed by atoms with van der Waals surface area (Å²) in [4.78, 5) is 24.7. The monoisotopic (exact) mass is 358 g/mol. The fourth-order valence-electron chi connectivity index (χ4n) is 2.50. The van der Waals surface area contributed by atoms with Crippen molar-refractivity contribution in [3.8, 4) is 0 Å². The average Bonchev–Trinajstić information content (AvgIpc) is 3.34. The molecule has 0 saturated heterocycles. The van der Waals surface area contributed by atoms with Crippen molar-refractivity contribution in [1.82, 2.24) is 4.90 Å². The number of benzene rings is 1. The molecule has 0 spiro atoms. The molecule has 25 heavy (non-hydrogen) atoms. The summed E-state index contributed by atoms with van der Waals surface area (Å²) in [6.07, 6.45) is -2.63. The Labute approximate surface area is 143 Å². The zero-order valence-electron chi connectivity index (χ0n) is 13.9. The third-order valence-electron chi connectivity index (χ3n) is 3.95. The van der Waals surface area contributed by atoms with E-state index in [0.717, 1.165) is 18.9 Å². The molecule has 0 heterocycles. The lowest BCUT2D eigenvalue weighted by atomic mass is 10.1. The van der Waals surface area contributed by atoms with Gasteiger partial charge in [-0.15, -0.1) is 0 Å². The second kappa shape index (κ2) is 7.86. The summed E-state index contributed by atoms with van der Waals surface area (Å²) < 4.78 is 44.2. The highest BCUT2D eigenvalue weighted by Crippen LogP contribution is 2.34. The number of carbonyl (C=O) groups is 2. The number of ether oxygens (including phenoxy) is 1. The topological polar surface area (TPSA) is 72.6 Å². The van der Waals surface area contributed by atoms with Gasteiger partial charge in [0.25, 0.3) is 0 Å². The summed E-state index contributed by atoms with van der Waals surface area (Å²) in [7, 11) is 0. The molecule has 1 aliphatic carbocycles. The summed E-state index contributed by atoms with van der Waals surface area (Å²) in [5, 5.41) is 0. The summed E-state index contributed by atoms with van der Waals surface area (Å²) >= 11 is 0. The lowest BCUT2D eigenvalue weighted by molar-refractivity contribution is -0.145. The Morgan fingerprint density at radius 2 is 1.96 bits per heavy atom. The molecule has 1 aromatic rings. The summed E-state index contributed by atoms with van der Waals surface area (Å²) in [5.74, 6) is -0.813. The number of rotatable bonds is 7. The zero-order chi connectivity index (χ0) is 18.6. The molecule has 138 valence electrons. The van der Waals surface area contributed by atoms with Crippen molar-refractivity contribution >= 4 is 11.9 Å². The summed E-state index contributed by atoms with van der Waals surface area (Å²) in [6, 6.07) is 4.07. The van der Waals surface area contributed by atoms with Crippen molar-refractivity contribution in [1.29, 1.82) is 0 Å². The van der Waals surface area contributed by atoms with E-state index >= 15 is 0 Å². The molecule has 1 amide bonds. The van der Waals surface area contributed by atoms with Gasteiger partial charge in [-0.2, -0.15) is 13.2 Å². The fourth-order valence-corrected chi connectivity index (χ4v) is 2.50. The van der Waals surface area contributed by atoms with Crippen LogP contribution in [0.4, 0.5) is 13.2 Å². The number of esters is 1. The van der Waals surface area contributed by atoms with Crippen LogP contribution in [-0.4, -0.2) is 36.0 Å². The molecule has 0 aliphatic heterocycles. The van der Waals surface area contributed by atoms with E-state index in [2.05, 4.69) is 0 Å². The molecule has 1 unspecified atom stereocenters. The first-order chi connectivity index (χ1) is 11.7. The summed E-state index contributed by atoms with van der Waals surface area (Å²) in [5.41, 5.74) is 5.00. The van der Waals surface area contributed by atoms with E-state index in [1.165, 1.54) is 30.0 Å². The first-order valence-electron chi connectivity index (χ1n) is 8.01. The number of alkyl halides is 3. The van der Waals surface area contributed by atoms with E-state index < -0.39 is 29.7 Å². The van der Waals surface area contributed by atoms with E-state index in [1.807, 2.05) is 0 Å². The number of nitrogens with zero attached hydrogens (tertiary/aromatic N) is 1. The Morgan fingerprint density at radius 1 is 1.32 bits per heavy atom. The molecule has 5 nitrogen and oxygen atoms in total. The Hall–Kier alpha value is -2.09. The van der Waals surface area contributed by atoms with Gasteiger partial charge in [0.05, 0.1) is 5.56 Å². The van der Waals surface area contributed by atoms with Crippen LogP contribution >= 0.6 is 0 Å². The van der Waals surface area contributed by atoms with E-state index in [9.17, 15) is 22.8 Å². The quantitative estimate of drug-likeness (QED) is 0.760. The van der Waals surface area contributed by atoms with E-state index in [-0.39, 0.29) is 24.6 Å². The Balaban J connectivity index is 2.15. The van der Waals surface area contributed by atoms with Gasteiger partial charge in [0, 0.05) is 20.0 Å². The first kappa shape index (κ1) is 19.2. The van der Waals surface area contributed by atoms with Gasteiger partial charge in [-0.1, -0.05) is 18.2 Å². The van der Waals surface area contributed by atoms with Crippen molar-refractivity contribution in [2.45, 2.75) is 38.5 Å². The molecule has 0 aromatic heterocycles. The molecule has 2 N–H and O–H groups in total. The van der Waals surface area contributed by atoms with Crippen LogP contribution < -0.4 is 5.73 Å². The van der Waals surface area contributed by atoms with Gasteiger partial charge in [0.2, 0.25) is 5.91 Å². The molecule has 1 aliphatic rings. The number of amides is 1. The largest absolute Gasteiger partial charge is 0.464 e. The van der Waals surface area contributed by atoms with Gasteiger partial charge in [0.1, 0.15) is 12.6 Å². The molecule has 1 saturated carbocycles. The Morgan fingerprint density at radius 3 is 2.52 bits per heavy atom. The lowest BCUT2D eigenvalue weighted by Crippen LogP contribution is -2.47. The lowest BCUT2D eigenvalue weighted by Gasteiger charge is -2.27. The first-order valence-corrected chi connectivity index (χ1v) is 8.01. The molecular weight excluding hydrogens is 337 g/mol. The predicted molar refractivity (Wildman–Crippen MR) is 84.2 cm³/mol. The smallest absolute Gasteiger partial charge is 0.416 e. The van der Waals surface area contributed by atoms with E-state index in [0.29, 0.717) is 6.54 Å². The van der Waals surface area contributed by atoms with Crippen LogP contribution in [0.1, 0.15) is 30.9 Å². The average molecular weight is 358 g/mol. The zero-order valence-corrected chi connectivity index (χ0v) is 13.9. The number of nitrogens with two attached hydrogens (primary N) is 1. The Bertz CT molecular complexity index is 630. The second-order valence-electron chi connectivity index (χ2n) is 6.23.